The van der Waals surface area contributed by atoms with Crippen LogP contribution in [0.3, 0.4) is 0 Å². The van der Waals surface area contributed by atoms with E-state index in [1.54, 1.807) is 24.0 Å². The number of rotatable bonds is 8. The van der Waals surface area contributed by atoms with E-state index < -0.39 is 28.5 Å². The lowest BCUT2D eigenvalue weighted by Gasteiger charge is -2.31. The minimum atomic E-state index is -3.52. The van der Waals surface area contributed by atoms with Crippen molar-refractivity contribution >= 4 is 28.0 Å². The van der Waals surface area contributed by atoms with Crippen molar-refractivity contribution in [2.45, 2.75) is 56.4 Å². The fourth-order valence-corrected chi connectivity index (χ4v) is 5.60. The standard InChI is InChI=1S/C23H33N3O7S/c1-2-32-23(29)25-14-10-19(11-15-25)24-21(27)17-33-22(28)16-18-6-8-20(9-7-18)34(30,31)26-12-4-3-5-13-26/h6-9,19H,2-5,10-17H2,1H3,(H,24,27). The molecule has 2 heterocycles. The first-order valence-electron chi connectivity index (χ1n) is 11.8. The molecule has 2 fully saturated rings. The fourth-order valence-electron chi connectivity index (χ4n) is 4.09. The van der Waals surface area contributed by atoms with E-state index in [4.69, 9.17) is 9.47 Å². The van der Waals surface area contributed by atoms with Crippen molar-refractivity contribution < 1.29 is 32.3 Å². The van der Waals surface area contributed by atoms with Gasteiger partial charge in [0.1, 0.15) is 0 Å². The lowest BCUT2D eigenvalue weighted by molar-refractivity contribution is -0.148. The van der Waals surface area contributed by atoms with Gasteiger partial charge in [-0.15, -0.1) is 0 Å². The van der Waals surface area contributed by atoms with Gasteiger partial charge in [0.2, 0.25) is 10.0 Å². The molecule has 0 aliphatic carbocycles. The number of likely N-dealkylation sites (tertiary alicyclic amines) is 1. The summed E-state index contributed by atoms with van der Waals surface area (Å²) in [6.07, 6.45) is 3.57. The van der Waals surface area contributed by atoms with Crippen LogP contribution in [0, 0.1) is 0 Å². The van der Waals surface area contributed by atoms with Crippen LogP contribution in [0.15, 0.2) is 29.2 Å². The Morgan fingerprint density at radius 1 is 0.971 bits per heavy atom. The van der Waals surface area contributed by atoms with Gasteiger partial charge in [-0.3, -0.25) is 9.59 Å². The molecule has 0 bridgehead atoms. The number of benzene rings is 1. The van der Waals surface area contributed by atoms with Crippen LogP contribution in [0.25, 0.3) is 0 Å². The SMILES string of the molecule is CCOC(=O)N1CCC(NC(=O)COC(=O)Cc2ccc(S(=O)(=O)N3CCCCC3)cc2)CC1. The number of carbonyl (C=O) groups excluding carboxylic acids is 3. The molecule has 1 N–H and O–H groups in total. The second kappa shape index (κ2) is 12.2. The fraction of sp³-hybridized carbons (Fsp3) is 0.609. The molecule has 0 unspecified atom stereocenters. The van der Waals surface area contributed by atoms with Crippen LogP contribution in [0.2, 0.25) is 0 Å². The minimum Gasteiger partial charge on any atom is -0.455 e. The average Bonchev–Trinajstić information content (AvgIpc) is 2.84. The zero-order valence-electron chi connectivity index (χ0n) is 19.5. The zero-order chi connectivity index (χ0) is 24.6. The Kier molecular flexibility index (Phi) is 9.28. The first kappa shape index (κ1) is 26.0. The maximum absolute atomic E-state index is 12.7. The number of nitrogens with one attached hydrogen (secondary N) is 1. The van der Waals surface area contributed by atoms with E-state index in [1.807, 2.05) is 0 Å². The summed E-state index contributed by atoms with van der Waals surface area (Å²) in [7, 11) is -3.52. The van der Waals surface area contributed by atoms with Gasteiger partial charge in [0.15, 0.2) is 6.61 Å². The molecule has 188 valence electrons. The largest absolute Gasteiger partial charge is 0.455 e. The van der Waals surface area contributed by atoms with Gasteiger partial charge in [-0.2, -0.15) is 4.31 Å². The van der Waals surface area contributed by atoms with E-state index in [0.717, 1.165) is 19.3 Å². The minimum absolute atomic E-state index is 0.0603. The van der Waals surface area contributed by atoms with Crippen molar-refractivity contribution in [2.75, 3.05) is 39.4 Å². The van der Waals surface area contributed by atoms with Gasteiger partial charge < -0.3 is 19.7 Å². The van der Waals surface area contributed by atoms with Crippen molar-refractivity contribution in [3.63, 3.8) is 0 Å². The van der Waals surface area contributed by atoms with Crippen molar-refractivity contribution in [3.05, 3.63) is 29.8 Å². The maximum Gasteiger partial charge on any atom is 0.409 e. The summed E-state index contributed by atoms with van der Waals surface area (Å²) in [6, 6.07) is 6.10. The smallest absolute Gasteiger partial charge is 0.409 e. The van der Waals surface area contributed by atoms with Gasteiger partial charge in [-0.25, -0.2) is 13.2 Å². The van der Waals surface area contributed by atoms with Gasteiger partial charge in [0.25, 0.3) is 5.91 Å². The molecule has 2 saturated heterocycles. The van der Waals surface area contributed by atoms with Gasteiger partial charge in [-0.1, -0.05) is 18.6 Å². The Bertz CT molecular complexity index is 951. The van der Waals surface area contributed by atoms with Gasteiger partial charge in [0, 0.05) is 32.2 Å². The summed E-state index contributed by atoms with van der Waals surface area (Å²) < 4.78 is 37.0. The third-order valence-corrected chi connectivity index (χ3v) is 7.89. The summed E-state index contributed by atoms with van der Waals surface area (Å²) in [5.41, 5.74) is 0.606. The van der Waals surface area contributed by atoms with Crippen molar-refractivity contribution in [1.29, 1.82) is 0 Å². The summed E-state index contributed by atoms with van der Waals surface area (Å²) >= 11 is 0. The van der Waals surface area contributed by atoms with Crippen LogP contribution >= 0.6 is 0 Å². The van der Waals surface area contributed by atoms with Crippen LogP contribution in [0.5, 0.6) is 0 Å². The lowest BCUT2D eigenvalue weighted by atomic mass is 10.1. The summed E-state index contributed by atoms with van der Waals surface area (Å²) in [4.78, 5) is 37.8. The predicted octanol–water partition coefficient (Wildman–Crippen LogP) is 1.68. The maximum atomic E-state index is 12.7. The normalized spacial score (nSPS) is 17.7. The second-order valence-corrected chi connectivity index (χ2v) is 10.4. The molecule has 11 heteroatoms. The number of sulfonamides is 1. The van der Waals surface area contributed by atoms with Gasteiger partial charge in [-0.05, 0) is 50.3 Å². The Balaban J connectivity index is 1.39. The molecule has 0 aromatic heterocycles. The Morgan fingerprint density at radius 3 is 2.24 bits per heavy atom. The molecule has 2 aliphatic rings. The van der Waals surface area contributed by atoms with Crippen LogP contribution < -0.4 is 5.32 Å². The number of piperidine rings is 2. The molecule has 0 spiro atoms. The lowest BCUT2D eigenvalue weighted by Crippen LogP contribution is -2.47. The third-order valence-electron chi connectivity index (χ3n) is 5.97. The number of esters is 1. The number of nitrogens with zero attached hydrogens (tertiary/aromatic N) is 2. The number of hydrogen-bond acceptors (Lipinski definition) is 7. The van der Waals surface area contributed by atoms with Gasteiger partial charge in [0.05, 0.1) is 17.9 Å². The molecule has 1 aromatic carbocycles. The van der Waals surface area contributed by atoms with E-state index >= 15 is 0 Å². The molecule has 34 heavy (non-hydrogen) atoms. The molecular weight excluding hydrogens is 462 g/mol. The zero-order valence-corrected chi connectivity index (χ0v) is 20.3. The summed E-state index contributed by atoms with van der Waals surface area (Å²) in [6.45, 7) is 3.73. The quantitative estimate of drug-likeness (QED) is 0.545. The molecule has 1 aromatic rings. The van der Waals surface area contributed by atoms with E-state index in [2.05, 4.69) is 5.32 Å². The number of ether oxygens (including phenoxy) is 2. The highest BCUT2D eigenvalue weighted by atomic mass is 32.2. The van der Waals surface area contributed by atoms with Crippen LogP contribution in [0.4, 0.5) is 4.79 Å². The first-order valence-corrected chi connectivity index (χ1v) is 13.2. The molecule has 0 saturated carbocycles. The molecule has 10 nitrogen and oxygen atoms in total. The van der Waals surface area contributed by atoms with Gasteiger partial charge >= 0.3 is 12.1 Å². The number of carbonyl (C=O) groups is 3. The van der Waals surface area contributed by atoms with E-state index in [9.17, 15) is 22.8 Å². The van der Waals surface area contributed by atoms with Crippen molar-refractivity contribution in [3.8, 4) is 0 Å². The van der Waals surface area contributed by atoms with Crippen molar-refractivity contribution in [1.82, 2.24) is 14.5 Å². The summed E-state index contributed by atoms with van der Waals surface area (Å²) in [5.74, 6) is -0.968. The van der Waals surface area contributed by atoms with E-state index in [-0.39, 0.29) is 23.5 Å². The topological polar surface area (TPSA) is 122 Å². The number of hydrogen-bond donors (Lipinski definition) is 1. The highest BCUT2D eigenvalue weighted by molar-refractivity contribution is 7.89. The number of amides is 2. The second-order valence-electron chi connectivity index (χ2n) is 8.47. The van der Waals surface area contributed by atoms with Crippen LogP contribution in [-0.2, 0) is 35.5 Å². The Morgan fingerprint density at radius 2 is 1.62 bits per heavy atom. The molecular formula is C23H33N3O7S. The molecule has 2 aliphatic heterocycles. The van der Waals surface area contributed by atoms with E-state index in [0.29, 0.717) is 51.2 Å². The molecule has 0 atom stereocenters. The molecule has 2 amide bonds. The molecule has 0 radical (unpaired) electrons. The van der Waals surface area contributed by atoms with Crippen molar-refractivity contribution in [2.24, 2.45) is 0 Å². The Hall–Kier alpha value is -2.66. The highest BCUT2D eigenvalue weighted by Crippen LogP contribution is 2.21. The van der Waals surface area contributed by atoms with Crippen LogP contribution in [-0.4, -0.2) is 81.0 Å². The monoisotopic (exact) mass is 495 g/mol. The highest BCUT2D eigenvalue weighted by Gasteiger charge is 2.26. The van der Waals surface area contributed by atoms with Crippen LogP contribution in [0.1, 0.15) is 44.6 Å². The summed E-state index contributed by atoms with van der Waals surface area (Å²) in [5, 5.41) is 2.82. The third kappa shape index (κ3) is 7.17. The Labute approximate surface area is 200 Å². The van der Waals surface area contributed by atoms with E-state index in [1.165, 1.54) is 16.4 Å². The first-order chi connectivity index (χ1) is 16.3. The molecule has 3 rings (SSSR count). The average molecular weight is 496 g/mol. The predicted molar refractivity (Wildman–Crippen MR) is 123 cm³/mol.